The lowest BCUT2D eigenvalue weighted by molar-refractivity contribution is -0.150. The number of nitrogens with zero attached hydrogens (tertiary/aromatic N) is 1. The highest BCUT2D eigenvalue weighted by molar-refractivity contribution is 5.69. The smallest absolute Gasteiger partial charge is 0.305 e. The summed E-state index contributed by atoms with van der Waals surface area (Å²) in [7, 11) is 0. The van der Waals surface area contributed by atoms with Crippen molar-refractivity contribution in [1.29, 1.82) is 0 Å². The van der Waals surface area contributed by atoms with Crippen molar-refractivity contribution in [2.24, 2.45) is 5.92 Å². The number of ether oxygens (including phenoxy) is 3. The maximum atomic E-state index is 12.2. The second kappa shape index (κ2) is 22.1. The second-order valence-corrected chi connectivity index (χ2v) is 9.98. The SMILES string of the molecule is CCCCCCCC(=O)OCC(COCCN(CCO)C1CCC1)COC(=O)CCCCCCC. The zero-order chi connectivity index (χ0) is 25.6. The molecule has 0 aromatic rings. The molecule has 0 atom stereocenters. The third-order valence-electron chi connectivity index (χ3n) is 6.78. The van der Waals surface area contributed by atoms with Gasteiger partial charge in [0.1, 0.15) is 0 Å². The average molecular weight is 500 g/mol. The highest BCUT2D eigenvalue weighted by Crippen LogP contribution is 2.24. The molecule has 206 valence electrons. The molecule has 0 aliphatic heterocycles. The Hall–Kier alpha value is -1.18. The minimum Gasteiger partial charge on any atom is -0.465 e. The minimum atomic E-state index is -0.187. The largest absolute Gasteiger partial charge is 0.465 e. The molecule has 0 heterocycles. The summed E-state index contributed by atoms with van der Waals surface area (Å²) < 4.78 is 16.9. The van der Waals surface area contributed by atoms with Gasteiger partial charge in [-0.05, 0) is 25.7 Å². The Kier molecular flexibility index (Phi) is 20.1. The number of aliphatic hydroxyl groups excluding tert-OH is 1. The number of carbonyl (C=O) groups is 2. The molecule has 1 N–H and O–H groups in total. The van der Waals surface area contributed by atoms with Crippen LogP contribution in [0.4, 0.5) is 0 Å². The van der Waals surface area contributed by atoms with Gasteiger partial charge >= 0.3 is 11.9 Å². The zero-order valence-electron chi connectivity index (χ0n) is 22.6. The summed E-state index contributed by atoms with van der Waals surface area (Å²) in [5.74, 6) is -0.543. The van der Waals surface area contributed by atoms with Crippen molar-refractivity contribution in [3.05, 3.63) is 0 Å². The molecule has 0 aromatic carbocycles. The summed E-state index contributed by atoms with van der Waals surface area (Å²) in [6.45, 7) is 7.29. The van der Waals surface area contributed by atoms with E-state index in [0.717, 1.165) is 45.1 Å². The fourth-order valence-electron chi connectivity index (χ4n) is 4.25. The van der Waals surface area contributed by atoms with Crippen LogP contribution in [0.2, 0.25) is 0 Å². The topological polar surface area (TPSA) is 85.3 Å². The number of unbranched alkanes of at least 4 members (excludes halogenated alkanes) is 8. The standard InChI is InChI=1S/C28H53NO6/c1-3-5-7-9-11-16-27(31)34-23-25(24-35-28(32)17-12-10-8-6-4-2)22-33-21-19-29(18-20-30)26-14-13-15-26/h25-26,30H,3-24H2,1-2H3. The first-order valence-corrected chi connectivity index (χ1v) is 14.3. The zero-order valence-corrected chi connectivity index (χ0v) is 22.6. The van der Waals surface area contributed by atoms with Crippen molar-refractivity contribution < 1.29 is 28.9 Å². The van der Waals surface area contributed by atoms with Gasteiger partial charge in [-0.15, -0.1) is 0 Å². The summed E-state index contributed by atoms with van der Waals surface area (Å²) in [5.41, 5.74) is 0. The molecule has 0 saturated heterocycles. The molecule has 0 radical (unpaired) electrons. The van der Waals surface area contributed by atoms with Crippen LogP contribution in [-0.2, 0) is 23.8 Å². The molecular weight excluding hydrogens is 446 g/mol. The molecule has 1 rings (SSSR count). The molecule has 1 fully saturated rings. The first-order valence-electron chi connectivity index (χ1n) is 14.3. The molecule has 7 heteroatoms. The van der Waals surface area contributed by atoms with Gasteiger partial charge in [0.15, 0.2) is 0 Å². The molecule has 0 spiro atoms. The number of esters is 2. The van der Waals surface area contributed by atoms with Crippen molar-refractivity contribution in [3.63, 3.8) is 0 Å². The maximum absolute atomic E-state index is 12.2. The van der Waals surface area contributed by atoms with Crippen molar-refractivity contribution in [2.75, 3.05) is 46.1 Å². The van der Waals surface area contributed by atoms with Crippen LogP contribution in [0, 0.1) is 5.92 Å². The number of aliphatic hydroxyl groups is 1. The molecule has 0 amide bonds. The van der Waals surface area contributed by atoms with Crippen LogP contribution in [0.1, 0.15) is 110 Å². The van der Waals surface area contributed by atoms with E-state index in [0.29, 0.717) is 38.6 Å². The van der Waals surface area contributed by atoms with Gasteiger partial charge in [0, 0.05) is 32.0 Å². The summed E-state index contributed by atoms with van der Waals surface area (Å²) >= 11 is 0. The van der Waals surface area contributed by atoms with E-state index in [-0.39, 0.29) is 37.7 Å². The van der Waals surface area contributed by atoms with Crippen LogP contribution in [0.3, 0.4) is 0 Å². The van der Waals surface area contributed by atoms with Gasteiger partial charge in [-0.25, -0.2) is 0 Å². The summed E-state index contributed by atoms with van der Waals surface area (Å²) in [6, 6.07) is 0.554. The van der Waals surface area contributed by atoms with Gasteiger partial charge in [-0.1, -0.05) is 71.6 Å². The monoisotopic (exact) mass is 499 g/mol. The fraction of sp³-hybridized carbons (Fsp3) is 0.929. The third kappa shape index (κ3) is 17.0. The Morgan fingerprint density at radius 3 is 1.80 bits per heavy atom. The quantitative estimate of drug-likeness (QED) is 0.143. The lowest BCUT2D eigenvalue weighted by Crippen LogP contribution is -2.43. The van der Waals surface area contributed by atoms with Crippen LogP contribution in [0.5, 0.6) is 0 Å². The van der Waals surface area contributed by atoms with E-state index in [4.69, 9.17) is 14.2 Å². The first kappa shape index (κ1) is 31.8. The van der Waals surface area contributed by atoms with E-state index in [1.165, 1.54) is 44.9 Å². The summed E-state index contributed by atoms with van der Waals surface area (Å²) in [6.07, 6.45) is 15.4. The minimum absolute atomic E-state index is 0.155. The maximum Gasteiger partial charge on any atom is 0.305 e. The van der Waals surface area contributed by atoms with E-state index >= 15 is 0 Å². The average Bonchev–Trinajstić information content (AvgIpc) is 2.81. The normalized spacial score (nSPS) is 13.9. The Balaban J connectivity index is 2.36. The third-order valence-corrected chi connectivity index (χ3v) is 6.78. The molecule has 0 bridgehead atoms. The Morgan fingerprint density at radius 1 is 0.800 bits per heavy atom. The summed E-state index contributed by atoms with van der Waals surface area (Å²) in [5, 5.41) is 9.32. The Morgan fingerprint density at radius 2 is 1.34 bits per heavy atom. The Labute approximate surface area is 214 Å². The van der Waals surface area contributed by atoms with Gasteiger partial charge in [0.2, 0.25) is 0 Å². The number of rotatable bonds is 24. The lowest BCUT2D eigenvalue weighted by atomic mass is 9.91. The second-order valence-electron chi connectivity index (χ2n) is 9.98. The molecule has 1 saturated carbocycles. The molecule has 7 nitrogen and oxygen atoms in total. The molecule has 1 aliphatic rings. The van der Waals surface area contributed by atoms with Crippen LogP contribution in [-0.4, -0.2) is 74.1 Å². The van der Waals surface area contributed by atoms with Gasteiger partial charge in [0.25, 0.3) is 0 Å². The van der Waals surface area contributed by atoms with Crippen molar-refractivity contribution in [1.82, 2.24) is 4.90 Å². The van der Waals surface area contributed by atoms with E-state index in [9.17, 15) is 14.7 Å². The van der Waals surface area contributed by atoms with Crippen molar-refractivity contribution >= 4 is 11.9 Å². The first-order chi connectivity index (χ1) is 17.1. The highest BCUT2D eigenvalue weighted by atomic mass is 16.6. The Bertz CT molecular complexity index is 496. The van der Waals surface area contributed by atoms with Crippen LogP contribution in [0.25, 0.3) is 0 Å². The van der Waals surface area contributed by atoms with Gasteiger partial charge in [-0.2, -0.15) is 0 Å². The van der Waals surface area contributed by atoms with Crippen LogP contribution < -0.4 is 0 Å². The molecule has 1 aliphatic carbocycles. The predicted octanol–water partition coefficient (Wildman–Crippen LogP) is 5.27. The lowest BCUT2D eigenvalue weighted by Gasteiger charge is -2.37. The predicted molar refractivity (Wildman–Crippen MR) is 139 cm³/mol. The number of hydrogen-bond acceptors (Lipinski definition) is 7. The number of hydrogen-bond donors (Lipinski definition) is 1. The van der Waals surface area contributed by atoms with E-state index in [1.807, 2.05) is 0 Å². The van der Waals surface area contributed by atoms with Crippen LogP contribution in [0.15, 0.2) is 0 Å². The fourth-order valence-corrected chi connectivity index (χ4v) is 4.25. The van der Waals surface area contributed by atoms with Gasteiger partial charge in [0.05, 0.1) is 39.0 Å². The molecular formula is C28H53NO6. The van der Waals surface area contributed by atoms with Crippen molar-refractivity contribution in [3.8, 4) is 0 Å². The van der Waals surface area contributed by atoms with Gasteiger partial charge in [-0.3, -0.25) is 14.5 Å². The molecule has 0 unspecified atom stereocenters. The van der Waals surface area contributed by atoms with Gasteiger partial charge < -0.3 is 19.3 Å². The van der Waals surface area contributed by atoms with Crippen molar-refractivity contribution in [2.45, 2.75) is 116 Å². The molecule has 0 aromatic heterocycles. The highest BCUT2D eigenvalue weighted by Gasteiger charge is 2.24. The van der Waals surface area contributed by atoms with Crippen LogP contribution >= 0.6 is 0 Å². The summed E-state index contributed by atoms with van der Waals surface area (Å²) in [4.78, 5) is 26.6. The van der Waals surface area contributed by atoms with E-state index in [1.54, 1.807) is 0 Å². The molecule has 35 heavy (non-hydrogen) atoms. The number of carbonyl (C=O) groups excluding carboxylic acids is 2. The van der Waals surface area contributed by atoms with E-state index < -0.39 is 0 Å². The van der Waals surface area contributed by atoms with E-state index in [2.05, 4.69) is 18.7 Å².